The van der Waals surface area contributed by atoms with Crippen LogP contribution >= 0.6 is 0 Å². The third-order valence-electron chi connectivity index (χ3n) is 22.0. The van der Waals surface area contributed by atoms with Gasteiger partial charge in [0, 0.05) is 20.8 Å². The molecule has 52 heteroatoms. The molecule has 0 aromatic carbocycles. The molecule has 10 rings (SSSR count). The molecule has 0 aromatic heterocycles. The van der Waals surface area contributed by atoms with Crippen molar-refractivity contribution < 1.29 is 242 Å². The second-order valence-corrected chi connectivity index (χ2v) is 30.2. The highest BCUT2D eigenvalue weighted by Gasteiger charge is 2.63. The number of amides is 3. The van der Waals surface area contributed by atoms with Gasteiger partial charge < -0.3 is 244 Å². The molecular formula is C66H111N3O49. The van der Waals surface area contributed by atoms with Gasteiger partial charge in [-0.2, -0.15) is 0 Å². The SMILES string of the molecule is CC(=O)N[C@H]1[C@H](O[C@H]2[C@@H](O)[C@@H](CO)O[C@@H](O[C@H]3[C@H](O)[C@@H](O)C(O)O[C@@H]3CO)[C@@H]2O)O[C@H](CO)[C@@H](O[C@@H]2O[C@H](CO)[C@H](O)[C@H](O[C@@H]3O[C@H](CO)[C@@H](O[C@@H]4O[C@H](CO)[C@H](O)[C@H](OC5O[C@H](CO)[C@@H](O)[C@H](O[C@@H]6O[C@H](CO)[C@H](O)[C@H](O)[C@H]6O)[C@H]5NC(C)=O)[C@H]4O)[C@H](O[C@@H]4O[C@@H](C)[C@@H](O)[C@@H](O)[C@@H]4O)[C@H]3NC(C)=O)[C@H]2O)[C@@H]1O[C@@H]1O[C@@H](C)[C@@H](O)[C@@H](O)[C@@H]1O. The first-order chi connectivity index (χ1) is 55.8. The third-order valence-corrected chi connectivity index (χ3v) is 22.0. The minimum Gasteiger partial charge on any atom is -0.394 e. The van der Waals surface area contributed by atoms with Crippen LogP contribution in [0, 0.1) is 0 Å². The molecule has 10 saturated heterocycles. The summed E-state index contributed by atoms with van der Waals surface area (Å²) in [5, 5.41) is 307. The lowest BCUT2D eigenvalue weighted by molar-refractivity contribution is -0.401. The van der Waals surface area contributed by atoms with E-state index in [2.05, 4.69) is 16.0 Å². The Morgan fingerprint density at radius 3 is 0.771 bits per heavy atom. The zero-order valence-corrected chi connectivity index (χ0v) is 63.6. The van der Waals surface area contributed by atoms with Gasteiger partial charge in [0.15, 0.2) is 62.9 Å². The van der Waals surface area contributed by atoms with E-state index < -0.39 is 377 Å². The van der Waals surface area contributed by atoms with E-state index in [-0.39, 0.29) is 0 Å². The highest BCUT2D eigenvalue weighted by Crippen LogP contribution is 2.42. The lowest BCUT2D eigenvalue weighted by Crippen LogP contribution is -2.72. The minimum absolute atomic E-state index is 0.899. The molecule has 10 heterocycles. The fourth-order valence-corrected chi connectivity index (χ4v) is 15.5. The lowest BCUT2D eigenvalue weighted by atomic mass is 9.93. The number of ether oxygens (including phenoxy) is 19. The molecule has 10 aliphatic heterocycles. The van der Waals surface area contributed by atoms with E-state index in [1.54, 1.807) is 0 Å². The van der Waals surface area contributed by atoms with E-state index >= 15 is 0 Å². The number of nitrogens with one attached hydrogen (secondary N) is 3. The second-order valence-electron chi connectivity index (χ2n) is 30.2. The smallest absolute Gasteiger partial charge is 0.217 e. The van der Waals surface area contributed by atoms with E-state index in [4.69, 9.17) is 90.0 Å². The zero-order chi connectivity index (χ0) is 86.8. The van der Waals surface area contributed by atoms with Crippen molar-refractivity contribution in [3.8, 4) is 0 Å². The number of aliphatic hydroxyl groups is 27. The number of carbonyl (C=O) groups excluding carboxylic acids is 3. The fourth-order valence-electron chi connectivity index (χ4n) is 15.5. The van der Waals surface area contributed by atoms with Crippen molar-refractivity contribution in [2.75, 3.05) is 52.9 Å². The van der Waals surface area contributed by atoms with Crippen LogP contribution in [-0.2, 0) is 104 Å². The van der Waals surface area contributed by atoms with Gasteiger partial charge in [-0.3, -0.25) is 14.4 Å². The monoisotopic (exact) mass is 1730 g/mol. The number of carbonyl (C=O) groups is 3. The van der Waals surface area contributed by atoms with Gasteiger partial charge >= 0.3 is 0 Å². The molecule has 118 heavy (non-hydrogen) atoms. The van der Waals surface area contributed by atoms with Gasteiger partial charge in [0.1, 0.15) is 232 Å². The van der Waals surface area contributed by atoms with Crippen LogP contribution in [0.15, 0.2) is 0 Å². The Morgan fingerprint density at radius 1 is 0.220 bits per heavy atom. The highest BCUT2D eigenvalue weighted by atomic mass is 16.8. The molecule has 10 fully saturated rings. The van der Waals surface area contributed by atoms with Gasteiger partial charge in [-0.05, 0) is 13.8 Å². The Bertz CT molecular complexity index is 3140. The quantitative estimate of drug-likeness (QED) is 0.0331. The van der Waals surface area contributed by atoms with E-state index in [1.807, 2.05) is 0 Å². The van der Waals surface area contributed by atoms with Gasteiger partial charge in [0.25, 0.3) is 0 Å². The van der Waals surface area contributed by atoms with Crippen molar-refractivity contribution in [3.05, 3.63) is 0 Å². The Morgan fingerprint density at radius 2 is 0.449 bits per heavy atom. The molecule has 0 aliphatic carbocycles. The van der Waals surface area contributed by atoms with Crippen LogP contribution in [0.5, 0.6) is 0 Å². The Balaban J connectivity index is 0.973. The maximum absolute atomic E-state index is 13.7. The normalized spacial score (nSPS) is 51.1. The molecule has 0 spiro atoms. The Kier molecular flexibility index (Phi) is 34.3. The molecule has 50 atom stereocenters. The van der Waals surface area contributed by atoms with Crippen molar-refractivity contribution in [3.63, 3.8) is 0 Å². The molecule has 2 unspecified atom stereocenters. The van der Waals surface area contributed by atoms with Crippen molar-refractivity contribution in [2.24, 2.45) is 0 Å². The summed E-state index contributed by atoms with van der Waals surface area (Å²) < 4.78 is 114. The summed E-state index contributed by atoms with van der Waals surface area (Å²) in [7, 11) is 0. The minimum atomic E-state index is -2.54. The third kappa shape index (κ3) is 20.6. The predicted octanol–water partition coefficient (Wildman–Crippen LogP) is -20.3. The standard InChI is InChI=1S/C66H111N3O49/c1-14-30(81)37(88)42(93)61(100-14)114-52-28(68-17(4)79)59(117-54-34(85)21(8-72)105-64(45(54)96)110-48-24(11-75)102-57(99)41(92)40(48)91)108-25(12-76)50(52)112-66-47(98)56(36(87)23(10-74)107-66)118-60-29(69-18(5)80)53(115-62-43(94)38(89)31(82)15(2)101-62)49(26(13-77)109-60)111-65-46(97)55(35(86)22(9-73)106-65)116-58-27(67-16(3)78)51(33(84)20(7-71)103-58)113-63-44(95)39(90)32(83)19(6-70)104-63/h14-15,19-66,70-77,81-99H,6-13H2,1-5H3,(H,67,78)(H,68,79)(H,69,80)/t14-,15-,19+,20+,21+,22+,23+,24+,25+,26+,27+,28+,29+,30+,31+,32-,33+,34-,35-,36-,37+,38+,39-,40+,41+,42-,43-,44+,45+,46+,47+,48+,49+,50+,51+,52+,53+,54-,55-,56-,57?,58?,59-,60-,61-,62-,63-,64-,65-,66-/m0/s1. The number of hydrogen-bond acceptors (Lipinski definition) is 49. The summed E-state index contributed by atoms with van der Waals surface area (Å²) in [6, 6.07) is -6.02. The molecule has 0 radical (unpaired) electrons. The van der Waals surface area contributed by atoms with Crippen molar-refractivity contribution in [1.82, 2.24) is 16.0 Å². The van der Waals surface area contributed by atoms with Gasteiger partial charge in [0.2, 0.25) is 17.7 Å². The lowest BCUT2D eigenvalue weighted by Gasteiger charge is -2.53. The molecule has 0 aromatic rings. The topological polar surface area (TPSA) is 809 Å². The molecule has 0 bridgehead atoms. The molecule has 52 nitrogen and oxygen atoms in total. The van der Waals surface area contributed by atoms with Crippen LogP contribution in [0.25, 0.3) is 0 Å². The number of aliphatic hydroxyl groups excluding tert-OH is 27. The van der Waals surface area contributed by atoms with Crippen molar-refractivity contribution in [1.29, 1.82) is 0 Å². The average Bonchev–Trinajstić information content (AvgIpc) is 0.759. The Hall–Kier alpha value is -3.43. The largest absolute Gasteiger partial charge is 0.394 e. The summed E-state index contributed by atoms with van der Waals surface area (Å²) >= 11 is 0. The van der Waals surface area contributed by atoms with Crippen molar-refractivity contribution >= 4 is 17.7 Å². The molecule has 30 N–H and O–H groups in total. The van der Waals surface area contributed by atoms with E-state index in [0.717, 1.165) is 20.8 Å². The summed E-state index contributed by atoms with van der Waals surface area (Å²) in [5.41, 5.74) is 0. The molecular weight excluding hydrogens is 1620 g/mol. The first-order valence-electron chi connectivity index (χ1n) is 37.9. The van der Waals surface area contributed by atoms with Crippen molar-refractivity contribution in [2.45, 2.75) is 341 Å². The fraction of sp³-hybridized carbons (Fsp3) is 0.955. The van der Waals surface area contributed by atoms with Gasteiger partial charge in [-0.25, -0.2) is 0 Å². The van der Waals surface area contributed by atoms with E-state index in [1.165, 1.54) is 13.8 Å². The van der Waals surface area contributed by atoms with Crippen LogP contribution in [-0.4, -0.2) is 515 Å². The summed E-state index contributed by atoms with van der Waals surface area (Å²) in [5.74, 6) is -2.99. The molecule has 684 valence electrons. The summed E-state index contributed by atoms with van der Waals surface area (Å²) in [6.07, 6.45) is -97.5. The number of hydrogen-bond donors (Lipinski definition) is 30. The highest BCUT2D eigenvalue weighted by molar-refractivity contribution is 5.74. The second kappa shape index (κ2) is 41.8. The molecule has 3 amide bonds. The Labute approximate surface area is 668 Å². The van der Waals surface area contributed by atoms with Crippen LogP contribution < -0.4 is 16.0 Å². The van der Waals surface area contributed by atoms with Crippen LogP contribution in [0.4, 0.5) is 0 Å². The van der Waals surface area contributed by atoms with Crippen LogP contribution in [0.2, 0.25) is 0 Å². The first kappa shape index (κ1) is 96.8. The maximum Gasteiger partial charge on any atom is 0.217 e. The van der Waals surface area contributed by atoms with Gasteiger partial charge in [-0.15, -0.1) is 0 Å². The van der Waals surface area contributed by atoms with E-state index in [0.29, 0.717) is 0 Å². The zero-order valence-electron chi connectivity index (χ0n) is 63.6. The van der Waals surface area contributed by atoms with Crippen LogP contribution in [0.3, 0.4) is 0 Å². The summed E-state index contributed by atoms with van der Waals surface area (Å²) in [4.78, 5) is 40.1. The average molecular weight is 1730 g/mol. The molecule has 10 aliphatic rings. The summed E-state index contributed by atoms with van der Waals surface area (Å²) in [6.45, 7) is -3.93. The number of rotatable bonds is 29. The maximum atomic E-state index is 13.7. The van der Waals surface area contributed by atoms with Gasteiger partial charge in [0.05, 0.1) is 65.1 Å². The van der Waals surface area contributed by atoms with Crippen LogP contribution in [0.1, 0.15) is 34.6 Å². The predicted molar refractivity (Wildman–Crippen MR) is 362 cm³/mol. The van der Waals surface area contributed by atoms with Gasteiger partial charge in [-0.1, -0.05) is 0 Å². The first-order valence-corrected chi connectivity index (χ1v) is 37.9. The molecule has 0 saturated carbocycles. The van der Waals surface area contributed by atoms with E-state index in [9.17, 15) is 152 Å².